The van der Waals surface area contributed by atoms with E-state index in [1.165, 1.54) is 53.4 Å². The highest BCUT2D eigenvalue weighted by molar-refractivity contribution is 7.86. The molecule has 0 aromatic heterocycles. The minimum absolute atomic E-state index is 0.258. The van der Waals surface area contributed by atoms with Gasteiger partial charge in [-0.25, -0.2) is 0 Å². The van der Waals surface area contributed by atoms with Crippen molar-refractivity contribution in [2.24, 2.45) is 0 Å². The highest BCUT2D eigenvalue weighted by Crippen LogP contribution is 2.32. The Morgan fingerprint density at radius 3 is 1.33 bits per heavy atom. The number of carbonyl (C=O) groups is 2. The Kier molecular flexibility index (Phi) is 7.47. The first-order valence-electron chi connectivity index (χ1n) is 12.4. The van der Waals surface area contributed by atoms with Crippen molar-refractivity contribution in [3.05, 3.63) is 96.1 Å². The zero-order chi connectivity index (χ0) is 30.2. The number of carbonyl (C=O) groups excluding carboxylic acids is 2. The smallest absolute Gasteiger partial charge is 0.294 e. The first kappa shape index (κ1) is 28.8. The molecule has 0 saturated carbocycles. The van der Waals surface area contributed by atoms with Crippen molar-refractivity contribution in [3.8, 4) is 0 Å². The molecule has 5 N–H and O–H groups in total. The molecule has 0 aliphatic carbocycles. The first-order valence-corrected chi connectivity index (χ1v) is 15.3. The second-order valence-electron chi connectivity index (χ2n) is 9.29. The maximum Gasteiger partial charge on any atom is 0.294 e. The Morgan fingerprint density at radius 1 is 0.548 bits per heavy atom. The van der Waals surface area contributed by atoms with Gasteiger partial charge < -0.3 is 16.0 Å². The van der Waals surface area contributed by atoms with Crippen molar-refractivity contribution in [2.45, 2.75) is 16.7 Å². The van der Waals surface area contributed by atoms with E-state index in [1.807, 2.05) is 0 Å². The molecule has 0 saturated heterocycles. The van der Waals surface area contributed by atoms with Crippen molar-refractivity contribution < 1.29 is 35.5 Å². The zero-order valence-corrected chi connectivity index (χ0v) is 23.5. The maximum absolute atomic E-state index is 12.7. The highest BCUT2D eigenvalue weighted by Gasteiger charge is 2.34. The van der Waals surface area contributed by atoms with Crippen molar-refractivity contribution in [1.29, 1.82) is 0 Å². The first-order chi connectivity index (χ1) is 19.8. The molecule has 0 unspecified atom stereocenters. The van der Waals surface area contributed by atoms with Crippen LogP contribution >= 0.6 is 0 Å². The molecule has 1 heterocycles. The summed E-state index contributed by atoms with van der Waals surface area (Å²) in [6.45, 7) is 1.98. The Bertz CT molecular complexity index is 1830. The van der Waals surface area contributed by atoms with Crippen LogP contribution in [-0.4, -0.2) is 49.2 Å². The normalized spacial score (nSPS) is 13.2. The molecule has 216 valence electrons. The molecule has 0 radical (unpaired) electrons. The average molecular weight is 609 g/mol. The molecule has 1 aliphatic heterocycles. The molecule has 4 aromatic rings. The predicted molar refractivity (Wildman–Crippen MR) is 156 cm³/mol. The van der Waals surface area contributed by atoms with Crippen molar-refractivity contribution in [1.82, 2.24) is 4.90 Å². The summed E-state index contributed by atoms with van der Waals surface area (Å²) in [6, 6.07) is 21.0. The van der Waals surface area contributed by atoms with Gasteiger partial charge in [-0.2, -0.15) is 16.8 Å². The standard InChI is InChI=1S/C28H24N4O8S2/c1-2-32-27(33)25-12-7-19(16-26(25)28(32)34)31-22-14-20(29-17-3-8-23(9-4-17)41(35,36)37)13-21(15-22)30-18-5-10-24(11-6-18)42(38,39)40/h3-16,29-31H,2H2,1H3,(H,35,36,37)(H,38,39,40). The van der Waals surface area contributed by atoms with Gasteiger partial charge in [-0.15, -0.1) is 0 Å². The fourth-order valence-electron chi connectivity index (χ4n) is 4.42. The van der Waals surface area contributed by atoms with Gasteiger partial charge in [-0.1, -0.05) is 0 Å². The third-order valence-electron chi connectivity index (χ3n) is 6.39. The summed E-state index contributed by atoms with van der Waals surface area (Å²) in [5, 5.41) is 9.54. The van der Waals surface area contributed by atoms with E-state index in [4.69, 9.17) is 0 Å². The van der Waals surface area contributed by atoms with Crippen LogP contribution in [0.25, 0.3) is 0 Å². The molecule has 4 aromatic carbocycles. The lowest BCUT2D eigenvalue weighted by atomic mass is 10.1. The van der Waals surface area contributed by atoms with Gasteiger partial charge in [-0.05, 0) is 91.9 Å². The van der Waals surface area contributed by atoms with Crippen LogP contribution in [0.3, 0.4) is 0 Å². The van der Waals surface area contributed by atoms with Gasteiger partial charge in [0.25, 0.3) is 32.1 Å². The second-order valence-corrected chi connectivity index (χ2v) is 12.1. The fourth-order valence-corrected chi connectivity index (χ4v) is 5.38. The minimum Gasteiger partial charge on any atom is -0.355 e. The average Bonchev–Trinajstić information content (AvgIpc) is 3.16. The van der Waals surface area contributed by atoms with Gasteiger partial charge in [0.1, 0.15) is 0 Å². The number of benzene rings is 4. The number of fused-ring (bicyclic) bond motifs is 1. The molecule has 1 aliphatic rings. The number of hydrogen-bond donors (Lipinski definition) is 5. The van der Waals surface area contributed by atoms with Crippen LogP contribution in [0.15, 0.2) is 94.7 Å². The topological polar surface area (TPSA) is 182 Å². The van der Waals surface area contributed by atoms with Crippen LogP contribution < -0.4 is 16.0 Å². The van der Waals surface area contributed by atoms with Crippen LogP contribution in [0.4, 0.5) is 34.1 Å². The number of nitrogens with one attached hydrogen (secondary N) is 3. The van der Waals surface area contributed by atoms with E-state index in [2.05, 4.69) is 16.0 Å². The van der Waals surface area contributed by atoms with E-state index in [9.17, 15) is 35.5 Å². The summed E-state index contributed by atoms with van der Waals surface area (Å²) in [5.41, 5.74) is 3.88. The molecule has 5 rings (SSSR count). The number of rotatable bonds is 9. The Morgan fingerprint density at radius 2 is 0.929 bits per heavy atom. The molecule has 14 heteroatoms. The summed E-state index contributed by atoms with van der Waals surface area (Å²) in [7, 11) is -8.71. The maximum atomic E-state index is 12.7. The minimum atomic E-state index is -4.35. The Hall–Kier alpha value is -4.76. The number of imide groups is 1. The van der Waals surface area contributed by atoms with Crippen molar-refractivity contribution in [3.63, 3.8) is 0 Å². The van der Waals surface area contributed by atoms with Crippen LogP contribution in [0.1, 0.15) is 27.6 Å². The second kappa shape index (κ2) is 10.9. The number of anilines is 6. The van der Waals surface area contributed by atoms with Gasteiger partial charge in [0, 0.05) is 40.7 Å². The quantitative estimate of drug-likeness (QED) is 0.127. The molecule has 12 nitrogen and oxygen atoms in total. The van der Waals surface area contributed by atoms with Gasteiger partial charge in [0.15, 0.2) is 0 Å². The van der Waals surface area contributed by atoms with Crippen LogP contribution in [0, 0.1) is 0 Å². The zero-order valence-electron chi connectivity index (χ0n) is 21.9. The lowest BCUT2D eigenvalue weighted by Crippen LogP contribution is -2.29. The van der Waals surface area contributed by atoms with Crippen LogP contribution in [-0.2, 0) is 20.2 Å². The van der Waals surface area contributed by atoms with E-state index >= 15 is 0 Å². The van der Waals surface area contributed by atoms with Crippen LogP contribution in [0.2, 0.25) is 0 Å². The summed E-state index contributed by atoms with van der Waals surface area (Å²) >= 11 is 0. The third kappa shape index (κ3) is 6.11. The highest BCUT2D eigenvalue weighted by atomic mass is 32.2. The van der Waals surface area contributed by atoms with Gasteiger partial charge >= 0.3 is 0 Å². The summed E-state index contributed by atoms with van der Waals surface area (Å²) in [5.74, 6) is -0.720. The molecule has 0 atom stereocenters. The molecule has 2 amide bonds. The predicted octanol–water partition coefficient (Wildman–Crippen LogP) is 5.03. The SMILES string of the molecule is CCN1C(=O)c2ccc(Nc3cc(Nc4ccc(S(=O)(=O)O)cc4)cc(Nc4ccc(S(=O)(=O)O)cc4)c3)cc2C1=O. The molecule has 0 bridgehead atoms. The molecular formula is C28H24N4O8S2. The van der Waals surface area contributed by atoms with E-state index in [0.29, 0.717) is 39.7 Å². The number of nitrogens with zero attached hydrogens (tertiary/aromatic N) is 1. The Balaban J connectivity index is 1.47. The summed E-state index contributed by atoms with van der Waals surface area (Å²) in [4.78, 5) is 25.8. The fraction of sp³-hybridized carbons (Fsp3) is 0.0714. The monoisotopic (exact) mass is 608 g/mol. The summed E-state index contributed by atoms with van der Waals surface area (Å²) in [6.07, 6.45) is 0. The van der Waals surface area contributed by atoms with E-state index in [-0.39, 0.29) is 33.7 Å². The van der Waals surface area contributed by atoms with Crippen molar-refractivity contribution in [2.75, 3.05) is 22.5 Å². The third-order valence-corrected chi connectivity index (χ3v) is 8.13. The molecular weight excluding hydrogens is 584 g/mol. The van der Waals surface area contributed by atoms with Gasteiger partial charge in [0.2, 0.25) is 0 Å². The molecule has 0 fully saturated rings. The molecule has 0 spiro atoms. The van der Waals surface area contributed by atoms with Crippen LogP contribution in [0.5, 0.6) is 0 Å². The lowest BCUT2D eigenvalue weighted by molar-refractivity contribution is 0.0662. The number of amides is 2. The lowest BCUT2D eigenvalue weighted by Gasteiger charge is -2.15. The van der Waals surface area contributed by atoms with E-state index in [0.717, 1.165) is 0 Å². The van der Waals surface area contributed by atoms with E-state index < -0.39 is 20.2 Å². The van der Waals surface area contributed by atoms with Crippen molar-refractivity contribution >= 4 is 66.2 Å². The van der Waals surface area contributed by atoms with Gasteiger partial charge in [0.05, 0.1) is 20.9 Å². The largest absolute Gasteiger partial charge is 0.355 e. The Labute approximate surface area is 241 Å². The van der Waals surface area contributed by atoms with E-state index in [1.54, 1.807) is 43.3 Å². The van der Waals surface area contributed by atoms with Gasteiger partial charge in [-0.3, -0.25) is 23.6 Å². The number of hydrogen-bond acceptors (Lipinski definition) is 9. The summed E-state index contributed by atoms with van der Waals surface area (Å²) < 4.78 is 64.0. The molecule has 42 heavy (non-hydrogen) atoms.